The number of amides is 2. The molecule has 0 aliphatic carbocycles. The topological polar surface area (TPSA) is 78.9 Å². The number of carbonyl (C=O) groups is 2. The lowest BCUT2D eigenvalue weighted by atomic mass is 10.1. The van der Waals surface area contributed by atoms with Gasteiger partial charge in [0.05, 0.1) is 6.10 Å². The van der Waals surface area contributed by atoms with Crippen LogP contribution in [-0.2, 0) is 9.53 Å². The number of carboxylic acids is 1. The minimum Gasteiger partial charge on any atom is -0.480 e. The van der Waals surface area contributed by atoms with Crippen molar-refractivity contribution in [2.45, 2.75) is 45.3 Å². The molecular weight excluding hydrogens is 236 g/mol. The Hall–Kier alpha value is -1.30. The Morgan fingerprint density at radius 3 is 2.78 bits per heavy atom. The maximum atomic E-state index is 11.9. The number of rotatable bonds is 5. The summed E-state index contributed by atoms with van der Waals surface area (Å²) in [5, 5.41) is 11.4. The molecule has 1 aliphatic rings. The molecule has 1 aliphatic heterocycles. The highest BCUT2D eigenvalue weighted by molar-refractivity contribution is 5.82. The molecule has 0 bridgehead atoms. The van der Waals surface area contributed by atoms with E-state index in [9.17, 15) is 9.59 Å². The number of likely N-dealkylation sites (tertiary alicyclic amines) is 1. The molecule has 1 fully saturated rings. The molecule has 0 aromatic heterocycles. The van der Waals surface area contributed by atoms with Crippen molar-refractivity contribution in [3.8, 4) is 0 Å². The molecule has 6 nitrogen and oxygen atoms in total. The first-order chi connectivity index (χ1) is 8.58. The van der Waals surface area contributed by atoms with E-state index in [1.807, 2.05) is 6.92 Å². The molecule has 6 heteroatoms. The molecule has 0 saturated carbocycles. The number of nitrogens with one attached hydrogen (secondary N) is 1. The molecule has 2 atom stereocenters. The van der Waals surface area contributed by atoms with Gasteiger partial charge in [-0.15, -0.1) is 0 Å². The van der Waals surface area contributed by atoms with Gasteiger partial charge in [0.15, 0.2) is 0 Å². The second-order valence-electron chi connectivity index (χ2n) is 4.41. The minimum absolute atomic E-state index is 0.0689. The van der Waals surface area contributed by atoms with Crippen LogP contribution >= 0.6 is 0 Å². The molecule has 0 spiro atoms. The zero-order valence-electron chi connectivity index (χ0n) is 11.0. The molecule has 1 rings (SSSR count). The Balaban J connectivity index is 2.47. The van der Waals surface area contributed by atoms with Crippen LogP contribution in [0.4, 0.5) is 4.79 Å². The summed E-state index contributed by atoms with van der Waals surface area (Å²) in [6.45, 7) is 5.49. The Morgan fingerprint density at radius 2 is 2.22 bits per heavy atom. The van der Waals surface area contributed by atoms with Crippen LogP contribution in [0.2, 0.25) is 0 Å². The van der Waals surface area contributed by atoms with Gasteiger partial charge in [0.25, 0.3) is 0 Å². The monoisotopic (exact) mass is 258 g/mol. The van der Waals surface area contributed by atoms with Crippen LogP contribution in [-0.4, -0.2) is 53.8 Å². The highest BCUT2D eigenvalue weighted by Gasteiger charge is 2.26. The van der Waals surface area contributed by atoms with Gasteiger partial charge in [-0.25, -0.2) is 9.59 Å². The van der Waals surface area contributed by atoms with Crippen LogP contribution in [0, 0.1) is 0 Å². The third kappa shape index (κ3) is 4.18. The fourth-order valence-electron chi connectivity index (χ4n) is 2.07. The van der Waals surface area contributed by atoms with Crippen LogP contribution in [0.15, 0.2) is 0 Å². The van der Waals surface area contributed by atoms with Gasteiger partial charge in [-0.05, 0) is 26.2 Å². The maximum absolute atomic E-state index is 11.9. The van der Waals surface area contributed by atoms with Crippen LogP contribution < -0.4 is 5.32 Å². The van der Waals surface area contributed by atoms with E-state index < -0.39 is 12.0 Å². The van der Waals surface area contributed by atoms with E-state index in [1.54, 1.807) is 11.8 Å². The molecule has 0 aromatic carbocycles. The molecular formula is C12H22N2O4. The van der Waals surface area contributed by atoms with E-state index in [1.165, 1.54) is 0 Å². The highest BCUT2D eigenvalue weighted by atomic mass is 16.5. The summed E-state index contributed by atoms with van der Waals surface area (Å²) in [5.74, 6) is -0.996. The summed E-state index contributed by atoms with van der Waals surface area (Å²) in [5.41, 5.74) is 0. The van der Waals surface area contributed by atoms with E-state index in [2.05, 4.69) is 5.32 Å². The van der Waals surface area contributed by atoms with Crippen LogP contribution in [0.5, 0.6) is 0 Å². The summed E-state index contributed by atoms with van der Waals surface area (Å²) in [7, 11) is 0. The van der Waals surface area contributed by atoms with Crippen LogP contribution in [0.3, 0.4) is 0 Å². The normalized spacial score (nSPS) is 21.4. The lowest BCUT2D eigenvalue weighted by Crippen LogP contribution is -2.51. The average Bonchev–Trinajstić information content (AvgIpc) is 2.36. The van der Waals surface area contributed by atoms with E-state index >= 15 is 0 Å². The molecule has 1 unspecified atom stereocenters. The molecule has 1 heterocycles. The minimum atomic E-state index is -0.996. The Morgan fingerprint density at radius 1 is 1.50 bits per heavy atom. The molecule has 18 heavy (non-hydrogen) atoms. The summed E-state index contributed by atoms with van der Waals surface area (Å²) in [6.07, 6.45) is 2.29. The standard InChI is InChI=1S/C12H22N2O4/c1-3-10(11(15)16)13-12(17)14-7-5-6-9(8-14)18-4-2/h9-10H,3-8H2,1-2H3,(H,13,17)(H,15,16)/t9?,10-/m0/s1. The zero-order valence-corrected chi connectivity index (χ0v) is 11.0. The van der Waals surface area contributed by atoms with E-state index in [0.29, 0.717) is 26.1 Å². The Bertz CT molecular complexity index is 294. The number of nitrogens with zero attached hydrogens (tertiary/aromatic N) is 1. The quantitative estimate of drug-likeness (QED) is 0.773. The number of carbonyl (C=O) groups excluding carboxylic acids is 1. The van der Waals surface area contributed by atoms with Gasteiger partial charge in [0.2, 0.25) is 0 Å². The molecule has 0 aromatic rings. The van der Waals surface area contributed by atoms with Crippen molar-refractivity contribution in [1.29, 1.82) is 0 Å². The number of aliphatic carboxylic acids is 1. The van der Waals surface area contributed by atoms with Gasteiger partial charge < -0.3 is 20.1 Å². The average molecular weight is 258 g/mol. The zero-order chi connectivity index (χ0) is 13.5. The fraction of sp³-hybridized carbons (Fsp3) is 0.833. The van der Waals surface area contributed by atoms with Crippen LogP contribution in [0.25, 0.3) is 0 Å². The molecule has 2 N–H and O–H groups in total. The number of carboxylic acid groups (broad SMARTS) is 1. The van der Waals surface area contributed by atoms with Crippen molar-refractivity contribution >= 4 is 12.0 Å². The van der Waals surface area contributed by atoms with E-state index in [0.717, 1.165) is 12.8 Å². The van der Waals surface area contributed by atoms with Gasteiger partial charge in [0, 0.05) is 19.7 Å². The SMILES string of the molecule is CCOC1CCCN(C(=O)N[C@@H](CC)C(=O)O)C1. The van der Waals surface area contributed by atoms with E-state index in [-0.39, 0.29) is 12.1 Å². The predicted molar refractivity (Wildman–Crippen MR) is 66.5 cm³/mol. The number of hydrogen-bond acceptors (Lipinski definition) is 3. The van der Waals surface area contributed by atoms with Gasteiger partial charge in [-0.3, -0.25) is 0 Å². The number of urea groups is 1. The number of piperidine rings is 1. The third-order valence-electron chi connectivity index (χ3n) is 3.07. The fourth-order valence-corrected chi connectivity index (χ4v) is 2.07. The largest absolute Gasteiger partial charge is 0.480 e. The summed E-state index contributed by atoms with van der Waals surface area (Å²) >= 11 is 0. The van der Waals surface area contributed by atoms with E-state index in [4.69, 9.17) is 9.84 Å². The molecule has 104 valence electrons. The number of hydrogen-bond donors (Lipinski definition) is 2. The second-order valence-corrected chi connectivity index (χ2v) is 4.41. The van der Waals surface area contributed by atoms with Gasteiger partial charge in [-0.1, -0.05) is 6.92 Å². The Kier molecular flexibility index (Phi) is 5.91. The van der Waals surface area contributed by atoms with Crippen molar-refractivity contribution in [3.05, 3.63) is 0 Å². The Labute approximate surface area is 107 Å². The lowest BCUT2D eigenvalue weighted by Gasteiger charge is -2.33. The number of ether oxygens (including phenoxy) is 1. The molecule has 2 amide bonds. The first-order valence-corrected chi connectivity index (χ1v) is 6.48. The first kappa shape index (κ1) is 14.8. The highest BCUT2D eigenvalue weighted by Crippen LogP contribution is 2.13. The lowest BCUT2D eigenvalue weighted by molar-refractivity contribution is -0.139. The predicted octanol–water partition coefficient (Wildman–Crippen LogP) is 1.06. The summed E-state index contributed by atoms with van der Waals surface area (Å²) in [6, 6.07) is -1.13. The van der Waals surface area contributed by atoms with Gasteiger partial charge >= 0.3 is 12.0 Å². The summed E-state index contributed by atoms with van der Waals surface area (Å²) < 4.78 is 5.50. The first-order valence-electron chi connectivity index (χ1n) is 6.48. The molecule has 1 saturated heterocycles. The third-order valence-corrected chi connectivity index (χ3v) is 3.07. The van der Waals surface area contributed by atoms with Crippen molar-refractivity contribution in [2.24, 2.45) is 0 Å². The van der Waals surface area contributed by atoms with Crippen molar-refractivity contribution in [1.82, 2.24) is 10.2 Å². The van der Waals surface area contributed by atoms with Gasteiger partial charge in [0.1, 0.15) is 6.04 Å². The van der Waals surface area contributed by atoms with Crippen molar-refractivity contribution in [3.63, 3.8) is 0 Å². The van der Waals surface area contributed by atoms with Crippen molar-refractivity contribution in [2.75, 3.05) is 19.7 Å². The smallest absolute Gasteiger partial charge is 0.326 e. The summed E-state index contributed by atoms with van der Waals surface area (Å²) in [4.78, 5) is 24.4. The molecule has 0 radical (unpaired) electrons. The van der Waals surface area contributed by atoms with Crippen molar-refractivity contribution < 1.29 is 19.4 Å². The second kappa shape index (κ2) is 7.20. The van der Waals surface area contributed by atoms with Crippen LogP contribution in [0.1, 0.15) is 33.1 Å². The maximum Gasteiger partial charge on any atom is 0.326 e. The van der Waals surface area contributed by atoms with Gasteiger partial charge in [-0.2, -0.15) is 0 Å².